The molecule has 0 N–H and O–H groups in total. The molecule has 2 atom stereocenters. The smallest absolute Gasteiger partial charge is 0.127 e. The lowest BCUT2D eigenvalue weighted by molar-refractivity contribution is -0.110. The van der Waals surface area contributed by atoms with E-state index in [2.05, 4.69) is 37.8 Å². The van der Waals surface area contributed by atoms with Crippen molar-refractivity contribution in [1.29, 1.82) is 0 Å². The van der Waals surface area contributed by atoms with Crippen molar-refractivity contribution < 1.29 is 4.79 Å². The Morgan fingerprint density at radius 3 is 2.47 bits per heavy atom. The topological polar surface area (TPSA) is 20.3 Å². The molecular weight excluding hydrogens is 186 g/mol. The normalized spacial score (nSPS) is 24.9. The van der Waals surface area contributed by atoms with E-state index in [1.54, 1.807) is 0 Å². The summed E-state index contributed by atoms with van der Waals surface area (Å²) in [7, 11) is 0. The second-order valence-electron chi connectivity index (χ2n) is 3.91. The van der Waals surface area contributed by atoms with Gasteiger partial charge in [-0.1, -0.05) is 19.1 Å². The van der Waals surface area contributed by atoms with Crippen LogP contribution in [0.4, 0.5) is 0 Å². The first-order valence-corrected chi connectivity index (χ1v) is 5.87. The average Bonchev–Trinajstić information content (AvgIpc) is 2.30. The van der Waals surface area contributed by atoms with Gasteiger partial charge in [-0.3, -0.25) is 0 Å². The molecule has 0 fully saturated rings. The Morgan fingerprint density at radius 2 is 2.00 bits per heavy atom. The zero-order valence-corrected chi connectivity index (χ0v) is 9.94. The number of hydrogen-bond donors (Lipinski definition) is 0. The van der Waals surface area contributed by atoms with Crippen molar-refractivity contribution in [3.05, 3.63) is 23.9 Å². The number of likely N-dealkylation sites (N-methyl/N-ethyl adjacent to an activating group) is 1. The summed E-state index contributed by atoms with van der Waals surface area (Å²) in [4.78, 5) is 13.2. The van der Waals surface area contributed by atoms with Crippen molar-refractivity contribution in [1.82, 2.24) is 4.90 Å². The van der Waals surface area contributed by atoms with Crippen molar-refractivity contribution in [3.63, 3.8) is 0 Å². The maximum Gasteiger partial charge on any atom is 0.127 e. The molecule has 1 rings (SSSR count). The van der Waals surface area contributed by atoms with Crippen molar-refractivity contribution in [2.75, 3.05) is 13.1 Å². The number of carbonyl (C=O) groups is 1. The standard InChI is InChI=1S/C13H21NO/c1-4-11-9-13(14(5-2)6-3)8-7-12(11)10-15/h7-12H,4-6H2,1-3H3. The highest BCUT2D eigenvalue weighted by Crippen LogP contribution is 2.25. The molecule has 15 heavy (non-hydrogen) atoms. The Labute approximate surface area is 92.7 Å². The van der Waals surface area contributed by atoms with Gasteiger partial charge in [-0.15, -0.1) is 0 Å². The largest absolute Gasteiger partial charge is 0.372 e. The third-order valence-corrected chi connectivity index (χ3v) is 3.13. The summed E-state index contributed by atoms with van der Waals surface area (Å²) in [6.07, 6.45) is 8.44. The number of hydrogen-bond acceptors (Lipinski definition) is 2. The molecule has 1 aliphatic rings. The van der Waals surface area contributed by atoms with E-state index in [9.17, 15) is 4.79 Å². The van der Waals surface area contributed by atoms with Crippen molar-refractivity contribution in [2.24, 2.45) is 11.8 Å². The van der Waals surface area contributed by atoms with Crippen LogP contribution in [0.25, 0.3) is 0 Å². The Bertz CT molecular complexity index is 264. The molecular formula is C13H21NO. The molecule has 0 aromatic carbocycles. The van der Waals surface area contributed by atoms with Gasteiger partial charge in [0, 0.05) is 24.7 Å². The van der Waals surface area contributed by atoms with Crippen molar-refractivity contribution in [3.8, 4) is 0 Å². The summed E-state index contributed by atoms with van der Waals surface area (Å²) in [5, 5.41) is 0. The van der Waals surface area contributed by atoms with Crippen LogP contribution < -0.4 is 0 Å². The maximum absolute atomic E-state index is 10.9. The molecule has 0 radical (unpaired) electrons. The molecule has 2 heteroatoms. The summed E-state index contributed by atoms with van der Waals surface area (Å²) < 4.78 is 0. The predicted molar refractivity (Wildman–Crippen MR) is 63.5 cm³/mol. The Balaban J connectivity index is 2.80. The molecule has 0 aliphatic heterocycles. The zero-order chi connectivity index (χ0) is 11.3. The Morgan fingerprint density at radius 1 is 1.33 bits per heavy atom. The number of nitrogens with zero attached hydrogens (tertiary/aromatic N) is 1. The van der Waals surface area contributed by atoms with Gasteiger partial charge < -0.3 is 9.69 Å². The van der Waals surface area contributed by atoms with Crippen LogP contribution in [0.3, 0.4) is 0 Å². The van der Waals surface area contributed by atoms with Gasteiger partial charge >= 0.3 is 0 Å². The van der Waals surface area contributed by atoms with E-state index in [0.717, 1.165) is 25.8 Å². The molecule has 2 unspecified atom stereocenters. The highest BCUT2D eigenvalue weighted by molar-refractivity contribution is 5.59. The molecule has 0 saturated heterocycles. The van der Waals surface area contributed by atoms with Crippen molar-refractivity contribution >= 4 is 6.29 Å². The van der Waals surface area contributed by atoms with Gasteiger partial charge in [-0.25, -0.2) is 0 Å². The fourth-order valence-electron chi connectivity index (χ4n) is 2.07. The van der Waals surface area contributed by atoms with E-state index in [4.69, 9.17) is 0 Å². The second-order valence-corrected chi connectivity index (χ2v) is 3.91. The van der Waals surface area contributed by atoms with Crippen LogP contribution >= 0.6 is 0 Å². The molecule has 0 bridgehead atoms. The van der Waals surface area contributed by atoms with Crippen LogP contribution in [0.15, 0.2) is 23.9 Å². The second kappa shape index (κ2) is 5.74. The molecule has 84 valence electrons. The van der Waals surface area contributed by atoms with E-state index in [1.165, 1.54) is 5.70 Å². The van der Waals surface area contributed by atoms with Gasteiger partial charge in [0.2, 0.25) is 0 Å². The SMILES string of the molecule is CCC1C=C(N(CC)CC)C=CC1C=O. The minimum Gasteiger partial charge on any atom is -0.372 e. The fraction of sp³-hybridized carbons (Fsp3) is 0.615. The van der Waals surface area contributed by atoms with Crippen LogP contribution in [0.2, 0.25) is 0 Å². The molecule has 0 heterocycles. The first kappa shape index (κ1) is 12.0. The molecule has 0 saturated carbocycles. The highest BCUT2D eigenvalue weighted by atomic mass is 16.1. The van der Waals surface area contributed by atoms with Crippen LogP contribution in [-0.4, -0.2) is 24.3 Å². The van der Waals surface area contributed by atoms with E-state index in [1.807, 2.05) is 6.08 Å². The summed E-state index contributed by atoms with van der Waals surface area (Å²) >= 11 is 0. The van der Waals surface area contributed by atoms with E-state index >= 15 is 0 Å². The average molecular weight is 207 g/mol. The van der Waals surface area contributed by atoms with Crippen LogP contribution in [0, 0.1) is 11.8 Å². The predicted octanol–water partition coefficient (Wildman–Crippen LogP) is 2.62. The molecule has 0 aromatic rings. The van der Waals surface area contributed by atoms with E-state index in [-0.39, 0.29) is 5.92 Å². The Kier molecular flexibility index (Phi) is 4.60. The zero-order valence-electron chi connectivity index (χ0n) is 9.94. The molecule has 0 aromatic heterocycles. The first-order chi connectivity index (χ1) is 7.26. The summed E-state index contributed by atoms with van der Waals surface area (Å²) in [6.45, 7) is 8.50. The van der Waals surface area contributed by atoms with Crippen LogP contribution in [-0.2, 0) is 4.79 Å². The number of rotatable bonds is 5. The summed E-state index contributed by atoms with van der Waals surface area (Å²) in [5.41, 5.74) is 1.27. The number of aldehydes is 1. The van der Waals surface area contributed by atoms with Crippen LogP contribution in [0.1, 0.15) is 27.2 Å². The van der Waals surface area contributed by atoms with Gasteiger partial charge in [0.15, 0.2) is 0 Å². The van der Waals surface area contributed by atoms with Gasteiger partial charge in [-0.2, -0.15) is 0 Å². The lowest BCUT2D eigenvalue weighted by Crippen LogP contribution is -2.25. The summed E-state index contributed by atoms with van der Waals surface area (Å²) in [5.74, 6) is 0.456. The third-order valence-electron chi connectivity index (χ3n) is 3.13. The van der Waals surface area contributed by atoms with Gasteiger partial charge in [0.05, 0.1) is 0 Å². The minimum atomic E-state index is 0.0781. The fourth-order valence-corrected chi connectivity index (χ4v) is 2.07. The number of carbonyl (C=O) groups excluding carboxylic acids is 1. The molecule has 1 aliphatic carbocycles. The first-order valence-electron chi connectivity index (χ1n) is 5.87. The van der Waals surface area contributed by atoms with E-state index in [0.29, 0.717) is 5.92 Å². The molecule has 2 nitrogen and oxygen atoms in total. The lowest BCUT2D eigenvalue weighted by atomic mass is 9.86. The highest BCUT2D eigenvalue weighted by Gasteiger charge is 2.19. The van der Waals surface area contributed by atoms with Crippen LogP contribution in [0.5, 0.6) is 0 Å². The maximum atomic E-state index is 10.9. The minimum absolute atomic E-state index is 0.0781. The van der Waals surface area contributed by atoms with Crippen molar-refractivity contribution in [2.45, 2.75) is 27.2 Å². The molecule has 0 amide bonds. The quantitative estimate of drug-likeness (QED) is 0.646. The van der Waals surface area contributed by atoms with Gasteiger partial charge in [0.1, 0.15) is 6.29 Å². The van der Waals surface area contributed by atoms with Gasteiger partial charge in [-0.05, 0) is 32.3 Å². The monoisotopic (exact) mass is 207 g/mol. The summed E-state index contributed by atoms with van der Waals surface area (Å²) in [6, 6.07) is 0. The Hall–Kier alpha value is -1.05. The number of allylic oxidation sites excluding steroid dienone is 3. The van der Waals surface area contributed by atoms with E-state index < -0.39 is 0 Å². The lowest BCUT2D eigenvalue weighted by Gasteiger charge is -2.28. The molecule has 0 spiro atoms. The van der Waals surface area contributed by atoms with Gasteiger partial charge in [0.25, 0.3) is 0 Å². The third kappa shape index (κ3) is 2.71.